The number of aliphatic hydroxyl groups is 1. The number of fused-ring (bicyclic) bond motifs is 1. The molecule has 1 atom stereocenters. The second-order valence-electron chi connectivity index (χ2n) is 6.85. The van der Waals surface area contributed by atoms with E-state index in [0.29, 0.717) is 23.1 Å². The van der Waals surface area contributed by atoms with E-state index in [0.717, 1.165) is 16.8 Å². The molecule has 7 nitrogen and oxygen atoms in total. The van der Waals surface area contributed by atoms with Crippen molar-refractivity contribution in [1.29, 1.82) is 0 Å². The first-order valence-electron chi connectivity index (χ1n) is 9.43. The fourth-order valence-electron chi connectivity index (χ4n) is 3.21. The van der Waals surface area contributed by atoms with Crippen molar-refractivity contribution in [3.8, 4) is 0 Å². The molecule has 0 fully saturated rings. The molecule has 2 heterocycles. The van der Waals surface area contributed by atoms with E-state index in [1.165, 1.54) is 6.08 Å². The summed E-state index contributed by atoms with van der Waals surface area (Å²) in [5, 5.41) is 16.6. The van der Waals surface area contributed by atoms with Crippen molar-refractivity contribution in [3.05, 3.63) is 84.6 Å². The number of aliphatic hydroxyl groups excluding tert-OH is 1. The van der Waals surface area contributed by atoms with Gasteiger partial charge in [-0.1, -0.05) is 24.8 Å². The monoisotopic (exact) mass is 399 g/mol. The maximum absolute atomic E-state index is 11.6. The highest BCUT2D eigenvalue weighted by Crippen LogP contribution is 2.35. The van der Waals surface area contributed by atoms with Crippen LogP contribution in [0.4, 0.5) is 28.8 Å². The molecule has 1 unspecified atom stereocenters. The topological polar surface area (TPSA) is 90.4 Å². The lowest BCUT2D eigenvalue weighted by atomic mass is 10.1. The van der Waals surface area contributed by atoms with Crippen LogP contribution in [0, 0.1) is 6.92 Å². The molecule has 30 heavy (non-hydrogen) atoms. The number of carbonyl (C=O) groups excluding carboxylic acids is 1. The van der Waals surface area contributed by atoms with Crippen molar-refractivity contribution in [2.24, 2.45) is 0 Å². The molecule has 4 rings (SSSR count). The van der Waals surface area contributed by atoms with Crippen LogP contribution in [-0.2, 0) is 4.79 Å². The predicted molar refractivity (Wildman–Crippen MR) is 119 cm³/mol. The number of aromatic nitrogens is 2. The normalized spacial score (nSPS) is 14.7. The number of nitrogens with zero attached hydrogens (tertiary/aromatic N) is 3. The zero-order chi connectivity index (χ0) is 21.1. The van der Waals surface area contributed by atoms with Gasteiger partial charge in [0.1, 0.15) is 5.82 Å². The Balaban J connectivity index is 1.69. The number of nitrogens with one attached hydrogen (secondary N) is 2. The summed E-state index contributed by atoms with van der Waals surface area (Å²) in [5.41, 5.74) is 4.04. The number of aryl methyl sites for hydroxylation is 1. The molecule has 3 N–H and O–H groups in total. The summed E-state index contributed by atoms with van der Waals surface area (Å²) >= 11 is 0. The molecule has 1 aromatic heterocycles. The van der Waals surface area contributed by atoms with Gasteiger partial charge in [-0.25, -0.2) is 4.98 Å². The summed E-state index contributed by atoms with van der Waals surface area (Å²) in [4.78, 5) is 22.4. The highest BCUT2D eigenvalue weighted by Gasteiger charge is 2.25. The van der Waals surface area contributed by atoms with Crippen molar-refractivity contribution in [3.63, 3.8) is 0 Å². The molecule has 2 aromatic carbocycles. The lowest BCUT2D eigenvalue weighted by Crippen LogP contribution is -2.32. The molecule has 1 aliphatic heterocycles. The van der Waals surface area contributed by atoms with E-state index in [1.54, 1.807) is 41.4 Å². The highest BCUT2D eigenvalue weighted by atomic mass is 16.3. The number of rotatable bonds is 5. The quantitative estimate of drug-likeness (QED) is 0.559. The van der Waals surface area contributed by atoms with E-state index in [1.807, 2.05) is 37.3 Å². The predicted octanol–water partition coefficient (Wildman–Crippen LogP) is 4.14. The van der Waals surface area contributed by atoms with Crippen LogP contribution in [0.15, 0.2) is 73.5 Å². The third kappa shape index (κ3) is 4.06. The van der Waals surface area contributed by atoms with Gasteiger partial charge in [-0.2, -0.15) is 4.98 Å². The number of carbonyl (C=O) groups is 1. The molecule has 3 aromatic rings. The molecule has 0 aliphatic carbocycles. The van der Waals surface area contributed by atoms with Gasteiger partial charge in [0, 0.05) is 28.8 Å². The van der Waals surface area contributed by atoms with Gasteiger partial charge in [0.05, 0.1) is 0 Å². The van der Waals surface area contributed by atoms with Crippen LogP contribution in [-0.4, -0.2) is 27.2 Å². The van der Waals surface area contributed by atoms with Crippen LogP contribution >= 0.6 is 0 Å². The Morgan fingerprint density at radius 1 is 1.20 bits per heavy atom. The Labute approximate surface area is 174 Å². The summed E-state index contributed by atoms with van der Waals surface area (Å²) in [6.45, 7) is 5.48. The second-order valence-corrected chi connectivity index (χ2v) is 6.85. The average molecular weight is 399 g/mol. The van der Waals surface area contributed by atoms with E-state index in [2.05, 4.69) is 27.2 Å². The minimum absolute atomic E-state index is 0.307. The third-order valence-corrected chi connectivity index (χ3v) is 4.59. The third-order valence-electron chi connectivity index (χ3n) is 4.59. The first-order chi connectivity index (χ1) is 14.5. The van der Waals surface area contributed by atoms with Gasteiger partial charge in [0.15, 0.2) is 6.23 Å². The lowest BCUT2D eigenvalue weighted by molar-refractivity contribution is -0.111. The summed E-state index contributed by atoms with van der Waals surface area (Å²) in [6.07, 6.45) is 5.45. The first-order valence-corrected chi connectivity index (χ1v) is 9.43. The van der Waals surface area contributed by atoms with Crippen molar-refractivity contribution in [2.45, 2.75) is 13.2 Å². The van der Waals surface area contributed by atoms with Crippen LogP contribution in [0.25, 0.3) is 6.08 Å². The molecule has 0 bridgehead atoms. The zero-order valence-corrected chi connectivity index (χ0v) is 16.4. The molecule has 0 spiro atoms. The van der Waals surface area contributed by atoms with Crippen LogP contribution < -0.4 is 15.5 Å². The van der Waals surface area contributed by atoms with E-state index in [-0.39, 0.29) is 5.91 Å². The van der Waals surface area contributed by atoms with Gasteiger partial charge in [-0.3, -0.25) is 9.69 Å². The van der Waals surface area contributed by atoms with Crippen molar-refractivity contribution in [2.75, 3.05) is 15.5 Å². The van der Waals surface area contributed by atoms with E-state index in [9.17, 15) is 9.90 Å². The summed E-state index contributed by atoms with van der Waals surface area (Å²) < 4.78 is 0. The van der Waals surface area contributed by atoms with E-state index >= 15 is 0 Å². The zero-order valence-electron chi connectivity index (χ0n) is 16.4. The fourth-order valence-corrected chi connectivity index (χ4v) is 3.21. The smallest absolute Gasteiger partial charge is 0.247 e. The molecule has 7 heteroatoms. The number of benzene rings is 2. The van der Waals surface area contributed by atoms with Crippen molar-refractivity contribution >= 4 is 40.8 Å². The van der Waals surface area contributed by atoms with Gasteiger partial charge in [-0.05, 0) is 61.0 Å². The average Bonchev–Trinajstić information content (AvgIpc) is 2.73. The lowest BCUT2D eigenvalue weighted by Gasteiger charge is -2.31. The molecule has 1 amide bonds. The number of hydrogen-bond donors (Lipinski definition) is 3. The fraction of sp³-hybridized carbons (Fsp3) is 0.0870. The van der Waals surface area contributed by atoms with Gasteiger partial charge >= 0.3 is 0 Å². The largest absolute Gasteiger partial charge is 0.369 e. The van der Waals surface area contributed by atoms with E-state index < -0.39 is 6.23 Å². The molecular weight excluding hydrogens is 378 g/mol. The second kappa shape index (κ2) is 8.18. The van der Waals surface area contributed by atoms with Gasteiger partial charge < -0.3 is 15.7 Å². The molecule has 0 saturated heterocycles. The summed E-state index contributed by atoms with van der Waals surface area (Å²) in [5.74, 6) is 0.670. The Bertz CT molecular complexity index is 1140. The molecular formula is C23H21N5O2. The highest BCUT2D eigenvalue weighted by molar-refractivity contribution is 5.99. The van der Waals surface area contributed by atoms with Crippen LogP contribution in [0.3, 0.4) is 0 Å². The maximum Gasteiger partial charge on any atom is 0.247 e. The number of anilines is 5. The number of amides is 1. The van der Waals surface area contributed by atoms with Crippen LogP contribution in [0.1, 0.15) is 11.1 Å². The SMILES string of the molecule is C=CC(=O)Nc1cccc(N2c3nc(Nc4cccc(C)c4)ncc3C=CC2O)c1. The Morgan fingerprint density at radius 2 is 2.00 bits per heavy atom. The van der Waals surface area contributed by atoms with Crippen molar-refractivity contribution < 1.29 is 9.90 Å². The molecule has 0 saturated carbocycles. The Kier molecular flexibility index (Phi) is 5.28. The summed E-state index contributed by atoms with van der Waals surface area (Å²) in [6, 6.07) is 15.1. The maximum atomic E-state index is 11.6. The molecule has 1 aliphatic rings. The minimum Gasteiger partial charge on any atom is -0.369 e. The summed E-state index contributed by atoms with van der Waals surface area (Å²) in [7, 11) is 0. The molecule has 150 valence electrons. The first kappa shape index (κ1) is 19.4. The Hall–Kier alpha value is -3.97. The Morgan fingerprint density at radius 3 is 2.80 bits per heavy atom. The van der Waals surface area contributed by atoms with Gasteiger partial charge in [0.25, 0.3) is 0 Å². The number of hydrogen-bond acceptors (Lipinski definition) is 6. The van der Waals surface area contributed by atoms with Gasteiger partial charge in [-0.15, -0.1) is 0 Å². The molecule has 0 radical (unpaired) electrons. The van der Waals surface area contributed by atoms with Crippen LogP contribution in [0.5, 0.6) is 0 Å². The van der Waals surface area contributed by atoms with Gasteiger partial charge in [0.2, 0.25) is 11.9 Å². The standard InChI is InChI=1S/C23H21N5O2/c1-3-20(29)25-18-8-5-9-19(13-18)28-21(30)11-10-16-14-24-23(27-22(16)28)26-17-7-4-6-15(2)12-17/h3-14,21,30H,1H2,2H3,(H,25,29)(H,24,26,27). The van der Waals surface area contributed by atoms with Crippen LogP contribution in [0.2, 0.25) is 0 Å². The minimum atomic E-state index is -0.912. The van der Waals surface area contributed by atoms with E-state index in [4.69, 9.17) is 0 Å². The van der Waals surface area contributed by atoms with Crippen molar-refractivity contribution in [1.82, 2.24) is 9.97 Å².